The molecule has 0 aliphatic heterocycles. The second-order valence-corrected chi connectivity index (χ2v) is 12.7. The lowest BCUT2D eigenvalue weighted by molar-refractivity contribution is -0.138. The number of carboxylic acid groups (broad SMARTS) is 1. The molecular formula is C28H35N3O6S. The highest BCUT2D eigenvalue weighted by atomic mass is 32.2. The van der Waals surface area contributed by atoms with Gasteiger partial charge in [-0.2, -0.15) is 0 Å². The van der Waals surface area contributed by atoms with Crippen molar-refractivity contribution in [2.75, 3.05) is 17.6 Å². The van der Waals surface area contributed by atoms with Crippen LogP contribution in [0.25, 0.3) is 11.1 Å². The van der Waals surface area contributed by atoms with Gasteiger partial charge in [-0.3, -0.25) is 9.59 Å². The molecule has 0 spiro atoms. The van der Waals surface area contributed by atoms with E-state index in [1.54, 1.807) is 18.2 Å². The molecular weight excluding hydrogens is 506 g/mol. The smallest absolute Gasteiger partial charge is 0.322 e. The number of carboxylic acids is 1. The van der Waals surface area contributed by atoms with Crippen LogP contribution in [0, 0.1) is 16.7 Å². The number of rotatable bonds is 10. The van der Waals surface area contributed by atoms with Gasteiger partial charge >= 0.3 is 12.0 Å². The van der Waals surface area contributed by atoms with Crippen molar-refractivity contribution in [1.82, 2.24) is 10.0 Å². The number of Topliss-reactive ketones (excluding diaryl/α,β-unsaturated/α-hetero) is 1. The summed E-state index contributed by atoms with van der Waals surface area (Å²) in [6, 6.07) is 12.8. The summed E-state index contributed by atoms with van der Waals surface area (Å²) in [4.78, 5) is 36.6. The molecule has 2 saturated carbocycles. The maximum absolute atomic E-state index is 13.1. The first kappa shape index (κ1) is 27.8. The lowest BCUT2D eigenvalue weighted by Gasteiger charge is -2.36. The van der Waals surface area contributed by atoms with Crippen LogP contribution in [0.4, 0.5) is 10.5 Å². The van der Waals surface area contributed by atoms with Crippen LogP contribution in [0.3, 0.4) is 0 Å². The highest BCUT2D eigenvalue weighted by Gasteiger charge is 2.65. The normalized spacial score (nSPS) is 22.7. The maximum atomic E-state index is 13.1. The zero-order valence-electron chi connectivity index (χ0n) is 21.9. The monoisotopic (exact) mass is 541 g/mol. The van der Waals surface area contributed by atoms with E-state index in [-0.39, 0.29) is 29.9 Å². The van der Waals surface area contributed by atoms with Gasteiger partial charge in [-0.1, -0.05) is 50.2 Å². The van der Waals surface area contributed by atoms with Gasteiger partial charge in [-0.15, -0.1) is 0 Å². The number of anilines is 1. The number of sulfonamides is 1. The summed E-state index contributed by atoms with van der Waals surface area (Å²) in [5.74, 6) is -1.52. The van der Waals surface area contributed by atoms with E-state index in [4.69, 9.17) is 0 Å². The number of nitrogens with one attached hydrogen (secondary N) is 3. The molecule has 3 atom stereocenters. The van der Waals surface area contributed by atoms with E-state index < -0.39 is 32.9 Å². The number of urea groups is 1. The third kappa shape index (κ3) is 5.47. The van der Waals surface area contributed by atoms with Crippen LogP contribution >= 0.6 is 0 Å². The predicted octanol–water partition coefficient (Wildman–Crippen LogP) is 3.81. The largest absolute Gasteiger partial charge is 0.480 e. The Morgan fingerprint density at radius 1 is 1.11 bits per heavy atom. The number of fused-ring (bicyclic) bond motifs is 2. The zero-order valence-corrected chi connectivity index (χ0v) is 22.7. The second-order valence-electron chi connectivity index (χ2n) is 10.9. The molecule has 2 aromatic rings. The Morgan fingerprint density at radius 3 is 2.39 bits per heavy atom. The van der Waals surface area contributed by atoms with Gasteiger partial charge in [0.15, 0.2) is 0 Å². The van der Waals surface area contributed by atoms with Gasteiger partial charge in [0, 0.05) is 24.1 Å². The van der Waals surface area contributed by atoms with E-state index in [2.05, 4.69) is 15.4 Å². The lowest BCUT2D eigenvalue weighted by Crippen LogP contribution is -2.49. The van der Waals surface area contributed by atoms with E-state index in [9.17, 15) is 27.9 Å². The number of hydrogen-bond donors (Lipinski definition) is 4. The molecule has 204 valence electrons. The summed E-state index contributed by atoms with van der Waals surface area (Å²) in [6.45, 7) is 6.25. The number of carbonyl (C=O) groups excluding carboxylic acids is 2. The molecule has 0 saturated heterocycles. The minimum atomic E-state index is -4.04. The zero-order chi connectivity index (χ0) is 27.7. The van der Waals surface area contributed by atoms with Gasteiger partial charge in [0.1, 0.15) is 11.8 Å². The van der Waals surface area contributed by atoms with Gasteiger partial charge in [-0.05, 0) is 66.3 Å². The third-order valence-electron chi connectivity index (χ3n) is 8.38. The Morgan fingerprint density at radius 2 is 1.82 bits per heavy atom. The van der Waals surface area contributed by atoms with Crippen LogP contribution in [-0.2, 0) is 26.0 Å². The first-order chi connectivity index (χ1) is 17.9. The van der Waals surface area contributed by atoms with Crippen molar-refractivity contribution in [1.29, 1.82) is 0 Å². The molecule has 2 bridgehead atoms. The lowest BCUT2D eigenvalue weighted by atomic mass is 9.70. The van der Waals surface area contributed by atoms with Crippen molar-refractivity contribution >= 4 is 33.5 Å². The van der Waals surface area contributed by atoms with Crippen molar-refractivity contribution in [3.8, 4) is 11.1 Å². The predicted molar refractivity (Wildman–Crippen MR) is 145 cm³/mol. The summed E-state index contributed by atoms with van der Waals surface area (Å²) in [5, 5.41) is 15.2. The quantitative estimate of drug-likeness (QED) is 0.360. The summed E-state index contributed by atoms with van der Waals surface area (Å²) in [7, 11) is -4.04. The molecule has 9 nitrogen and oxygen atoms in total. The Kier molecular flexibility index (Phi) is 7.67. The average molecular weight is 542 g/mol. The van der Waals surface area contributed by atoms with Crippen LogP contribution in [0.5, 0.6) is 0 Å². The number of carbonyl (C=O) groups is 3. The Hall–Kier alpha value is -3.24. The van der Waals surface area contributed by atoms with Crippen molar-refractivity contribution in [2.45, 2.75) is 52.5 Å². The fourth-order valence-corrected chi connectivity index (χ4v) is 8.08. The molecule has 0 heterocycles. The number of ketones is 1. The summed E-state index contributed by atoms with van der Waals surface area (Å²) >= 11 is 0. The molecule has 2 fully saturated rings. The van der Waals surface area contributed by atoms with Crippen LogP contribution in [-0.4, -0.2) is 49.6 Å². The number of benzene rings is 2. The number of aliphatic carboxylic acids is 1. The highest BCUT2D eigenvalue weighted by molar-refractivity contribution is 7.89. The number of hydrogen-bond acceptors (Lipinski definition) is 5. The highest BCUT2D eigenvalue weighted by Crippen LogP contribution is 2.64. The van der Waals surface area contributed by atoms with Crippen molar-refractivity contribution < 1.29 is 27.9 Å². The number of amides is 2. The molecule has 2 unspecified atom stereocenters. The summed E-state index contributed by atoms with van der Waals surface area (Å²) in [6.07, 6.45) is 1.68. The van der Waals surface area contributed by atoms with E-state index in [1.165, 1.54) is 0 Å². The molecule has 2 aliphatic carbocycles. The molecule has 0 radical (unpaired) electrons. The minimum Gasteiger partial charge on any atom is -0.480 e. The van der Waals surface area contributed by atoms with Crippen molar-refractivity contribution in [2.24, 2.45) is 16.7 Å². The molecule has 38 heavy (non-hydrogen) atoms. The minimum absolute atomic E-state index is 0.0307. The molecule has 4 rings (SSSR count). The molecule has 2 aliphatic rings. The molecule has 2 aromatic carbocycles. The molecule has 0 aromatic heterocycles. The van der Waals surface area contributed by atoms with E-state index in [0.29, 0.717) is 30.6 Å². The van der Waals surface area contributed by atoms with Gasteiger partial charge < -0.3 is 15.7 Å². The van der Waals surface area contributed by atoms with Crippen LogP contribution in [0.1, 0.15) is 45.6 Å². The molecule has 10 heteroatoms. The molecule has 4 N–H and O–H groups in total. The SMILES string of the molecule is CCNC(=O)Nc1cccc(-c2ccc(C[C@@H](NS(=O)(=O)CC34CCC(CC3=O)C4(C)C)C(=O)O)cc2)c1. The van der Waals surface area contributed by atoms with Gasteiger partial charge in [0.05, 0.1) is 5.75 Å². The van der Waals surface area contributed by atoms with Gasteiger partial charge in [0.25, 0.3) is 0 Å². The standard InChI is InChI=1S/C28H35N3O6S/c1-4-29-26(35)30-22-7-5-6-20(15-22)19-10-8-18(9-11-19)14-23(25(33)34)31-38(36,37)17-28-13-12-21(16-24(28)32)27(28,2)3/h5-11,15,21,23,31H,4,12-14,16-17H2,1-3H3,(H,33,34)(H2,29,30,35)/t21?,23-,28?/m1/s1. The molecule has 2 amide bonds. The van der Waals surface area contributed by atoms with Crippen LogP contribution < -0.4 is 15.4 Å². The summed E-state index contributed by atoms with van der Waals surface area (Å²) < 4.78 is 28.6. The van der Waals surface area contributed by atoms with Crippen LogP contribution in [0.15, 0.2) is 48.5 Å². The Labute approximate surface area is 223 Å². The Balaban J connectivity index is 1.45. The van der Waals surface area contributed by atoms with Crippen molar-refractivity contribution in [3.05, 3.63) is 54.1 Å². The average Bonchev–Trinajstić information content (AvgIpc) is 3.18. The first-order valence-corrected chi connectivity index (χ1v) is 14.5. The first-order valence-electron chi connectivity index (χ1n) is 12.9. The summed E-state index contributed by atoms with van der Waals surface area (Å²) in [5.41, 5.74) is 1.61. The van der Waals surface area contributed by atoms with E-state index in [1.807, 2.05) is 51.1 Å². The fraction of sp³-hybridized carbons (Fsp3) is 0.464. The third-order valence-corrected chi connectivity index (χ3v) is 9.90. The Bertz CT molecular complexity index is 1340. The van der Waals surface area contributed by atoms with E-state index in [0.717, 1.165) is 17.5 Å². The van der Waals surface area contributed by atoms with E-state index >= 15 is 0 Å². The van der Waals surface area contributed by atoms with Crippen LogP contribution in [0.2, 0.25) is 0 Å². The van der Waals surface area contributed by atoms with Crippen molar-refractivity contribution in [3.63, 3.8) is 0 Å². The maximum Gasteiger partial charge on any atom is 0.322 e. The fourth-order valence-electron chi connectivity index (χ4n) is 6.05. The topological polar surface area (TPSA) is 142 Å². The second kappa shape index (κ2) is 10.5. The van der Waals surface area contributed by atoms with Gasteiger partial charge in [0.2, 0.25) is 10.0 Å². The van der Waals surface area contributed by atoms with Gasteiger partial charge in [-0.25, -0.2) is 17.9 Å².